The van der Waals surface area contributed by atoms with Gasteiger partial charge in [0.1, 0.15) is 0 Å². The Labute approximate surface area is 134 Å². The van der Waals surface area contributed by atoms with Gasteiger partial charge in [0.05, 0.1) is 0 Å². The first kappa shape index (κ1) is 17.0. The molecule has 2 N–H and O–H groups in total. The number of carbonyl (C=O) groups is 1. The average molecular weight is 313 g/mol. The van der Waals surface area contributed by atoms with Gasteiger partial charge in [-0.1, -0.05) is 64.2 Å². The van der Waals surface area contributed by atoms with E-state index in [-0.39, 0.29) is 6.03 Å². The molecule has 21 heavy (non-hydrogen) atoms. The highest BCUT2D eigenvalue weighted by atomic mass is 32.2. The second-order valence-electron chi connectivity index (χ2n) is 6.74. The average Bonchev–Trinajstić information content (AvgIpc) is 2.38. The maximum Gasteiger partial charge on any atom is 0.325 e. The van der Waals surface area contributed by atoms with Crippen molar-refractivity contribution in [2.75, 3.05) is 0 Å². The molecule has 0 aromatic heterocycles. The third-order valence-electron chi connectivity index (χ3n) is 4.94. The van der Waals surface area contributed by atoms with E-state index in [0.717, 1.165) is 12.8 Å². The van der Waals surface area contributed by atoms with Crippen LogP contribution in [0.3, 0.4) is 0 Å². The fraction of sp³-hybridized carbons (Fsp3) is 0.941. The summed E-state index contributed by atoms with van der Waals surface area (Å²) in [7, 11) is 0. The van der Waals surface area contributed by atoms with Gasteiger partial charge in [0, 0.05) is 11.3 Å². The number of rotatable bonds is 3. The quantitative estimate of drug-likeness (QED) is 0.724. The zero-order valence-corrected chi connectivity index (χ0v) is 14.2. The summed E-state index contributed by atoms with van der Waals surface area (Å²) >= 11 is 1.78. The molecule has 0 aliphatic heterocycles. The van der Waals surface area contributed by atoms with E-state index >= 15 is 0 Å². The Balaban J connectivity index is 1.91. The van der Waals surface area contributed by atoms with Crippen LogP contribution < -0.4 is 5.73 Å². The standard InChI is InChI=1S/C17H32N2OS/c18-17(20)19(15-11-7-3-1-4-8-12-15)21-16-13-9-5-2-6-10-14-16/h15-16H,1-14H2,(H2,18,20). The number of nitrogens with zero attached hydrogens (tertiary/aromatic N) is 1. The van der Waals surface area contributed by atoms with Gasteiger partial charge in [-0.15, -0.1) is 0 Å². The second-order valence-corrected chi connectivity index (χ2v) is 8.01. The van der Waals surface area contributed by atoms with E-state index in [9.17, 15) is 4.79 Å². The fourth-order valence-corrected chi connectivity index (χ4v) is 5.02. The smallest absolute Gasteiger partial charge is 0.325 e. The first-order valence-electron chi connectivity index (χ1n) is 9.03. The summed E-state index contributed by atoms with van der Waals surface area (Å²) in [5.41, 5.74) is 5.71. The third-order valence-corrected chi connectivity index (χ3v) is 6.41. The Morgan fingerprint density at radius 3 is 1.67 bits per heavy atom. The van der Waals surface area contributed by atoms with E-state index < -0.39 is 0 Å². The van der Waals surface area contributed by atoms with Gasteiger partial charge in [-0.2, -0.15) is 0 Å². The number of carbonyl (C=O) groups excluding carboxylic acids is 1. The summed E-state index contributed by atoms with van der Waals surface area (Å²) in [5.74, 6) is 0. The lowest BCUT2D eigenvalue weighted by molar-refractivity contribution is 0.217. The molecule has 2 aliphatic carbocycles. The first-order valence-corrected chi connectivity index (χ1v) is 9.86. The molecule has 122 valence electrons. The minimum Gasteiger partial charge on any atom is -0.351 e. The van der Waals surface area contributed by atoms with Crippen molar-refractivity contribution in [2.24, 2.45) is 5.73 Å². The van der Waals surface area contributed by atoms with Crippen LogP contribution in [0.4, 0.5) is 4.79 Å². The molecule has 2 fully saturated rings. The van der Waals surface area contributed by atoms with E-state index in [1.807, 2.05) is 4.31 Å². The molecule has 0 saturated heterocycles. The highest BCUT2D eigenvalue weighted by Gasteiger charge is 2.26. The van der Waals surface area contributed by atoms with Crippen LogP contribution in [0.15, 0.2) is 0 Å². The van der Waals surface area contributed by atoms with Crippen LogP contribution in [0.25, 0.3) is 0 Å². The van der Waals surface area contributed by atoms with E-state index in [4.69, 9.17) is 5.73 Å². The number of urea groups is 1. The summed E-state index contributed by atoms with van der Waals surface area (Å²) in [6.45, 7) is 0. The highest BCUT2D eigenvalue weighted by molar-refractivity contribution is 7.98. The van der Waals surface area contributed by atoms with Crippen LogP contribution in [-0.4, -0.2) is 21.6 Å². The lowest BCUT2D eigenvalue weighted by atomic mass is 9.97. The maximum atomic E-state index is 12.0. The van der Waals surface area contributed by atoms with Crippen LogP contribution >= 0.6 is 11.9 Å². The zero-order valence-electron chi connectivity index (χ0n) is 13.4. The highest BCUT2D eigenvalue weighted by Crippen LogP contribution is 2.33. The van der Waals surface area contributed by atoms with Crippen molar-refractivity contribution in [3.8, 4) is 0 Å². The number of hydrogen-bond donors (Lipinski definition) is 1. The summed E-state index contributed by atoms with van der Waals surface area (Å²) in [4.78, 5) is 12.0. The Kier molecular flexibility index (Phi) is 7.76. The van der Waals surface area contributed by atoms with Gasteiger partial charge in [-0.05, 0) is 37.6 Å². The SMILES string of the molecule is NC(=O)N(SC1CCCCCCC1)C1CCCCCCC1. The first-order chi connectivity index (χ1) is 10.3. The summed E-state index contributed by atoms with van der Waals surface area (Å²) in [5, 5.41) is 0.600. The molecule has 0 spiro atoms. The van der Waals surface area contributed by atoms with Gasteiger partial charge in [-0.25, -0.2) is 4.79 Å². The van der Waals surface area contributed by atoms with Gasteiger partial charge in [0.2, 0.25) is 0 Å². The molecule has 0 bridgehead atoms. The predicted molar refractivity (Wildman–Crippen MR) is 91.2 cm³/mol. The Hall–Kier alpha value is -0.380. The molecule has 0 unspecified atom stereocenters. The van der Waals surface area contributed by atoms with Crippen LogP contribution in [0.5, 0.6) is 0 Å². The molecule has 2 aliphatic rings. The van der Waals surface area contributed by atoms with Crippen molar-refractivity contribution in [1.29, 1.82) is 0 Å². The van der Waals surface area contributed by atoms with Gasteiger partial charge >= 0.3 is 6.03 Å². The van der Waals surface area contributed by atoms with Crippen molar-refractivity contribution in [2.45, 2.75) is 101 Å². The van der Waals surface area contributed by atoms with Crippen molar-refractivity contribution >= 4 is 18.0 Å². The van der Waals surface area contributed by atoms with E-state index in [2.05, 4.69) is 0 Å². The molecule has 2 rings (SSSR count). The number of nitrogens with two attached hydrogens (primary N) is 1. The van der Waals surface area contributed by atoms with Crippen molar-refractivity contribution < 1.29 is 4.79 Å². The monoisotopic (exact) mass is 312 g/mol. The molecule has 4 heteroatoms. The van der Waals surface area contributed by atoms with Crippen molar-refractivity contribution in [1.82, 2.24) is 4.31 Å². The predicted octanol–water partition coefficient (Wildman–Crippen LogP) is 5.24. The minimum atomic E-state index is -0.215. The molecular formula is C17H32N2OS. The van der Waals surface area contributed by atoms with Crippen LogP contribution in [0.1, 0.15) is 89.9 Å². The molecular weight excluding hydrogens is 280 g/mol. The van der Waals surface area contributed by atoms with Gasteiger partial charge in [0.15, 0.2) is 0 Å². The number of primary amides is 1. The summed E-state index contributed by atoms with van der Waals surface area (Å²) in [6, 6.07) is 0.158. The molecule has 3 nitrogen and oxygen atoms in total. The van der Waals surface area contributed by atoms with Crippen molar-refractivity contribution in [3.05, 3.63) is 0 Å². The Bertz CT molecular complexity index is 295. The molecule has 2 amide bonds. The Morgan fingerprint density at radius 2 is 1.19 bits per heavy atom. The lowest BCUT2D eigenvalue weighted by Gasteiger charge is -2.33. The maximum absolute atomic E-state index is 12.0. The second kappa shape index (κ2) is 9.60. The topological polar surface area (TPSA) is 46.3 Å². The third kappa shape index (κ3) is 6.09. The Morgan fingerprint density at radius 1 is 0.762 bits per heavy atom. The van der Waals surface area contributed by atoms with Crippen LogP contribution in [-0.2, 0) is 0 Å². The number of amides is 2. The normalized spacial score (nSPS) is 23.6. The largest absolute Gasteiger partial charge is 0.351 e. The van der Waals surface area contributed by atoms with Gasteiger partial charge in [-0.3, -0.25) is 4.31 Å². The van der Waals surface area contributed by atoms with Gasteiger partial charge in [0.25, 0.3) is 0 Å². The van der Waals surface area contributed by atoms with Crippen LogP contribution in [0, 0.1) is 0 Å². The fourth-order valence-electron chi connectivity index (χ4n) is 3.67. The minimum absolute atomic E-state index is 0.215. The summed E-state index contributed by atoms with van der Waals surface area (Å²) < 4.78 is 1.96. The van der Waals surface area contributed by atoms with E-state index in [1.165, 1.54) is 77.0 Å². The number of hydrogen-bond acceptors (Lipinski definition) is 2. The van der Waals surface area contributed by atoms with Gasteiger partial charge < -0.3 is 5.73 Å². The molecule has 0 atom stereocenters. The molecule has 0 radical (unpaired) electrons. The van der Waals surface area contributed by atoms with E-state index in [0.29, 0.717) is 11.3 Å². The molecule has 0 heterocycles. The van der Waals surface area contributed by atoms with Crippen LogP contribution in [0.2, 0.25) is 0 Å². The lowest BCUT2D eigenvalue weighted by Crippen LogP contribution is -2.40. The molecule has 0 aromatic carbocycles. The molecule has 0 aromatic rings. The van der Waals surface area contributed by atoms with Crippen molar-refractivity contribution in [3.63, 3.8) is 0 Å². The molecule has 2 saturated carbocycles. The van der Waals surface area contributed by atoms with E-state index in [1.54, 1.807) is 11.9 Å². The zero-order chi connectivity index (χ0) is 14.9. The summed E-state index contributed by atoms with van der Waals surface area (Å²) in [6.07, 6.45) is 18.0.